The molecule has 5 nitrogen and oxygen atoms in total. The second-order valence-corrected chi connectivity index (χ2v) is 5.51. The number of nitrogens with two attached hydrogens (primary N) is 1. The molecule has 17 heavy (non-hydrogen) atoms. The maximum Gasteiger partial charge on any atom is 0.240 e. The van der Waals surface area contributed by atoms with Crippen LogP contribution < -0.4 is 15.8 Å². The zero-order chi connectivity index (χ0) is 13.1. The Hall–Kier alpha value is -1.53. The smallest absolute Gasteiger partial charge is 0.240 e. The van der Waals surface area contributed by atoms with Crippen molar-refractivity contribution < 1.29 is 8.42 Å². The van der Waals surface area contributed by atoms with Crippen molar-refractivity contribution in [3.63, 3.8) is 0 Å². The van der Waals surface area contributed by atoms with Gasteiger partial charge in [-0.2, -0.15) is 0 Å². The van der Waals surface area contributed by atoms with Gasteiger partial charge in [-0.15, -0.1) is 6.58 Å². The molecule has 0 heterocycles. The normalized spacial score (nSPS) is 13.1. The molecule has 0 spiro atoms. The van der Waals surface area contributed by atoms with Crippen LogP contribution in [-0.4, -0.2) is 21.5 Å². The molecular formula is C11H17N3O2S. The predicted molar refractivity (Wildman–Crippen MR) is 70.4 cm³/mol. The largest absolute Gasteiger partial charge is 0.397 e. The van der Waals surface area contributed by atoms with Gasteiger partial charge in [-0.3, -0.25) is 0 Å². The maximum absolute atomic E-state index is 11.6. The Morgan fingerprint density at radius 3 is 2.65 bits per heavy atom. The minimum atomic E-state index is -3.45. The van der Waals surface area contributed by atoms with E-state index in [0.29, 0.717) is 11.4 Å². The average molecular weight is 255 g/mol. The highest BCUT2D eigenvalue weighted by atomic mass is 32.2. The van der Waals surface area contributed by atoms with E-state index in [9.17, 15) is 8.42 Å². The molecule has 0 bridgehead atoms. The molecule has 1 aromatic carbocycles. The van der Waals surface area contributed by atoms with Crippen LogP contribution in [0.3, 0.4) is 0 Å². The van der Waals surface area contributed by atoms with Crippen LogP contribution in [0, 0.1) is 0 Å². The lowest BCUT2D eigenvalue weighted by Gasteiger charge is -2.14. The van der Waals surface area contributed by atoms with E-state index < -0.39 is 10.0 Å². The van der Waals surface area contributed by atoms with Crippen LogP contribution in [0.25, 0.3) is 0 Å². The van der Waals surface area contributed by atoms with E-state index in [-0.39, 0.29) is 10.9 Å². The first-order chi connectivity index (χ1) is 7.90. The molecule has 1 unspecified atom stereocenters. The molecule has 0 radical (unpaired) electrons. The van der Waals surface area contributed by atoms with Crippen molar-refractivity contribution in [2.24, 2.45) is 0 Å². The standard InChI is InChI=1S/C11H17N3O2S/c1-4-8(2)14-11-7-9(5-6-10(11)12)17(15,16)13-3/h4-8,13-14H,1,12H2,2-3H3. The SMILES string of the molecule is C=CC(C)Nc1cc(S(=O)(=O)NC)ccc1N. The Balaban J connectivity index is 3.15. The minimum absolute atomic E-state index is 0.00448. The van der Waals surface area contributed by atoms with E-state index in [1.807, 2.05) is 6.92 Å². The van der Waals surface area contributed by atoms with Crippen molar-refractivity contribution in [2.75, 3.05) is 18.1 Å². The van der Waals surface area contributed by atoms with Gasteiger partial charge in [0.2, 0.25) is 10.0 Å². The Morgan fingerprint density at radius 2 is 2.12 bits per heavy atom. The molecular weight excluding hydrogens is 238 g/mol. The molecule has 0 aliphatic rings. The number of anilines is 2. The Labute approximate surface area is 102 Å². The molecule has 0 saturated carbocycles. The summed E-state index contributed by atoms with van der Waals surface area (Å²) in [4.78, 5) is 0.174. The molecule has 0 aliphatic carbocycles. The van der Waals surface area contributed by atoms with Crippen LogP contribution in [0.5, 0.6) is 0 Å². The second-order valence-electron chi connectivity index (χ2n) is 3.63. The Kier molecular flexibility index (Phi) is 4.14. The van der Waals surface area contributed by atoms with Crippen LogP contribution in [0.4, 0.5) is 11.4 Å². The molecule has 0 saturated heterocycles. The van der Waals surface area contributed by atoms with Crippen LogP contribution in [0.15, 0.2) is 35.7 Å². The maximum atomic E-state index is 11.6. The molecule has 4 N–H and O–H groups in total. The van der Waals surface area contributed by atoms with E-state index in [4.69, 9.17) is 5.73 Å². The van der Waals surface area contributed by atoms with Gasteiger partial charge in [0.1, 0.15) is 0 Å². The summed E-state index contributed by atoms with van der Waals surface area (Å²) < 4.78 is 25.5. The highest BCUT2D eigenvalue weighted by Gasteiger charge is 2.13. The zero-order valence-electron chi connectivity index (χ0n) is 9.90. The molecule has 0 aliphatic heterocycles. The van der Waals surface area contributed by atoms with Gasteiger partial charge in [-0.1, -0.05) is 6.08 Å². The third-order valence-electron chi connectivity index (χ3n) is 2.34. The van der Waals surface area contributed by atoms with Crippen molar-refractivity contribution in [3.05, 3.63) is 30.9 Å². The summed E-state index contributed by atoms with van der Waals surface area (Å²) in [6, 6.07) is 4.53. The van der Waals surface area contributed by atoms with Crippen LogP contribution in [-0.2, 0) is 10.0 Å². The number of nitrogens with one attached hydrogen (secondary N) is 2. The lowest BCUT2D eigenvalue weighted by Crippen LogP contribution is -2.19. The fourth-order valence-electron chi connectivity index (χ4n) is 1.25. The summed E-state index contributed by atoms with van der Waals surface area (Å²) in [6.07, 6.45) is 1.71. The first kappa shape index (κ1) is 13.5. The third-order valence-corrected chi connectivity index (χ3v) is 3.75. The van der Waals surface area contributed by atoms with Gasteiger partial charge >= 0.3 is 0 Å². The number of benzene rings is 1. The third kappa shape index (κ3) is 3.21. The predicted octanol–water partition coefficient (Wildman–Crippen LogP) is 1.16. The molecule has 0 amide bonds. The summed E-state index contributed by atoms with van der Waals surface area (Å²) >= 11 is 0. The van der Waals surface area contributed by atoms with Crippen LogP contribution in [0.2, 0.25) is 0 Å². The average Bonchev–Trinajstić information content (AvgIpc) is 2.31. The van der Waals surface area contributed by atoms with E-state index in [2.05, 4.69) is 16.6 Å². The lowest BCUT2D eigenvalue weighted by molar-refractivity contribution is 0.588. The van der Waals surface area contributed by atoms with Crippen molar-refractivity contribution >= 4 is 21.4 Å². The quantitative estimate of drug-likeness (QED) is 0.544. The number of nitrogen functional groups attached to an aromatic ring is 1. The lowest BCUT2D eigenvalue weighted by atomic mass is 10.2. The van der Waals surface area contributed by atoms with Crippen molar-refractivity contribution in [3.8, 4) is 0 Å². The fourth-order valence-corrected chi connectivity index (χ4v) is 2.01. The minimum Gasteiger partial charge on any atom is -0.397 e. The topological polar surface area (TPSA) is 84.2 Å². The molecule has 0 aromatic heterocycles. The van der Waals surface area contributed by atoms with Crippen LogP contribution in [0.1, 0.15) is 6.92 Å². The van der Waals surface area contributed by atoms with Crippen molar-refractivity contribution in [1.29, 1.82) is 0 Å². The summed E-state index contributed by atoms with van der Waals surface area (Å²) in [7, 11) is -2.09. The van der Waals surface area contributed by atoms with Crippen molar-refractivity contribution in [1.82, 2.24) is 4.72 Å². The van der Waals surface area contributed by atoms with E-state index >= 15 is 0 Å². The number of sulfonamides is 1. The molecule has 1 rings (SSSR count). The van der Waals surface area contributed by atoms with Gasteiger partial charge in [0.15, 0.2) is 0 Å². The highest BCUT2D eigenvalue weighted by Crippen LogP contribution is 2.23. The molecule has 1 aromatic rings. The highest BCUT2D eigenvalue weighted by molar-refractivity contribution is 7.89. The Morgan fingerprint density at radius 1 is 1.47 bits per heavy atom. The fraction of sp³-hybridized carbons (Fsp3) is 0.273. The molecule has 1 atom stereocenters. The summed E-state index contributed by atoms with van der Waals surface area (Å²) in [5, 5.41) is 3.06. The summed E-state index contributed by atoms with van der Waals surface area (Å²) in [5.74, 6) is 0. The van der Waals surface area contributed by atoms with E-state index in [1.54, 1.807) is 12.1 Å². The molecule has 0 fully saturated rings. The first-order valence-corrected chi connectivity index (χ1v) is 6.61. The van der Waals surface area contributed by atoms with E-state index in [0.717, 1.165) is 0 Å². The van der Waals surface area contributed by atoms with E-state index in [1.165, 1.54) is 19.2 Å². The zero-order valence-corrected chi connectivity index (χ0v) is 10.7. The number of hydrogen-bond acceptors (Lipinski definition) is 4. The Bertz CT molecular complexity index is 511. The van der Waals surface area contributed by atoms with Gasteiger partial charge in [0.25, 0.3) is 0 Å². The van der Waals surface area contributed by atoms with Gasteiger partial charge < -0.3 is 11.1 Å². The number of rotatable bonds is 5. The van der Waals surface area contributed by atoms with Gasteiger partial charge in [-0.05, 0) is 32.2 Å². The monoisotopic (exact) mass is 255 g/mol. The molecule has 6 heteroatoms. The van der Waals surface area contributed by atoms with Gasteiger partial charge in [0, 0.05) is 6.04 Å². The second kappa shape index (κ2) is 5.20. The summed E-state index contributed by atoms with van der Waals surface area (Å²) in [6.45, 7) is 5.53. The first-order valence-electron chi connectivity index (χ1n) is 5.13. The number of hydrogen-bond donors (Lipinski definition) is 3. The molecule has 94 valence electrons. The van der Waals surface area contributed by atoms with Gasteiger partial charge in [-0.25, -0.2) is 13.1 Å². The van der Waals surface area contributed by atoms with Crippen LogP contribution >= 0.6 is 0 Å². The van der Waals surface area contributed by atoms with Crippen molar-refractivity contribution in [2.45, 2.75) is 17.9 Å². The van der Waals surface area contributed by atoms with Gasteiger partial charge in [0.05, 0.1) is 16.3 Å². The summed E-state index contributed by atoms with van der Waals surface area (Å²) in [5.41, 5.74) is 6.84.